The molecular formula is C20H19NOSi+. The van der Waals surface area contributed by atoms with Crippen LogP contribution in [0.25, 0.3) is 11.3 Å². The quantitative estimate of drug-likeness (QED) is 0.497. The van der Waals surface area contributed by atoms with Gasteiger partial charge in [0.15, 0.2) is 12.7 Å². The smallest absolute Gasteiger partial charge is 0.213 e. The Labute approximate surface area is 138 Å². The maximum atomic E-state index is 6.15. The van der Waals surface area contributed by atoms with Crippen molar-refractivity contribution in [2.75, 3.05) is 0 Å². The van der Waals surface area contributed by atoms with Gasteiger partial charge in [0.25, 0.3) is 0 Å². The molecule has 2 nitrogen and oxygen atoms in total. The van der Waals surface area contributed by atoms with Crippen LogP contribution in [0, 0.1) is 0 Å². The number of allylic oxidation sites excluding steroid dienone is 2. The number of nitrogens with zero attached hydrogens (tertiary/aromatic N) is 1. The first-order chi connectivity index (χ1) is 11.2. The Morgan fingerprint density at radius 2 is 2.00 bits per heavy atom. The zero-order valence-corrected chi connectivity index (χ0v) is 14.4. The zero-order valence-electron chi connectivity index (χ0n) is 13.4. The fourth-order valence-electron chi connectivity index (χ4n) is 3.90. The van der Waals surface area contributed by atoms with Gasteiger partial charge in [0.2, 0.25) is 5.69 Å². The van der Waals surface area contributed by atoms with Gasteiger partial charge in [0.05, 0.1) is 14.4 Å². The summed E-state index contributed by atoms with van der Waals surface area (Å²) in [6, 6.07) is 9.24. The van der Waals surface area contributed by atoms with Crippen molar-refractivity contribution >= 4 is 14.0 Å². The van der Waals surface area contributed by atoms with Crippen LogP contribution in [0.5, 0.6) is 5.75 Å². The third kappa shape index (κ3) is 1.89. The largest absolute Gasteiger partial charge is 0.485 e. The maximum Gasteiger partial charge on any atom is 0.213 e. The van der Waals surface area contributed by atoms with E-state index in [2.05, 4.69) is 72.4 Å². The molecular weight excluding hydrogens is 298 g/mol. The summed E-state index contributed by atoms with van der Waals surface area (Å²) in [5.74, 6) is 1.44. The normalized spacial score (nSPS) is 22.6. The number of fused-ring (bicyclic) bond motifs is 6. The summed E-state index contributed by atoms with van der Waals surface area (Å²) in [6.07, 6.45) is 11.2. The van der Waals surface area contributed by atoms with Gasteiger partial charge in [-0.2, -0.15) is 4.57 Å². The molecule has 0 fully saturated rings. The molecule has 0 bridgehead atoms. The minimum atomic E-state index is -0.407. The molecule has 0 N–H and O–H groups in total. The van der Waals surface area contributed by atoms with Gasteiger partial charge in [-0.05, 0) is 18.2 Å². The molecule has 1 aromatic heterocycles. The Hall–Kier alpha value is -2.13. The molecule has 3 heteroatoms. The summed E-state index contributed by atoms with van der Waals surface area (Å²) in [5.41, 5.74) is 5.44. The standard InChI is InChI=1S/C20H19NOSi/c1-23(2)14-7-8-18-16-10-17-15-5-3-4-6-19(15)22-20(17)9-13(16)11-21(18)12-14/h3-10,12,15,19H,11H2,1-2H3/q+1. The summed E-state index contributed by atoms with van der Waals surface area (Å²) in [5, 5.41) is 1.50. The number of aromatic nitrogens is 1. The topological polar surface area (TPSA) is 13.1 Å². The van der Waals surface area contributed by atoms with Gasteiger partial charge < -0.3 is 4.74 Å². The fraction of sp³-hybridized carbons (Fsp3) is 0.250. The molecule has 2 aromatic rings. The highest BCUT2D eigenvalue weighted by Crippen LogP contribution is 2.44. The van der Waals surface area contributed by atoms with Crippen LogP contribution in [0.3, 0.4) is 0 Å². The predicted molar refractivity (Wildman–Crippen MR) is 93.7 cm³/mol. The minimum Gasteiger partial charge on any atom is -0.485 e. The second-order valence-corrected chi connectivity index (χ2v) is 9.43. The van der Waals surface area contributed by atoms with E-state index < -0.39 is 8.80 Å². The van der Waals surface area contributed by atoms with Crippen LogP contribution < -0.4 is 14.5 Å². The van der Waals surface area contributed by atoms with Crippen LogP contribution in [-0.2, 0) is 6.54 Å². The summed E-state index contributed by atoms with van der Waals surface area (Å²) in [7, 11) is -0.407. The van der Waals surface area contributed by atoms with E-state index >= 15 is 0 Å². The second kappa shape index (κ2) is 4.68. The maximum absolute atomic E-state index is 6.15. The van der Waals surface area contributed by atoms with Gasteiger partial charge in [-0.1, -0.05) is 37.4 Å². The summed E-state index contributed by atoms with van der Waals surface area (Å²) in [4.78, 5) is 0. The van der Waals surface area contributed by atoms with Crippen molar-refractivity contribution in [1.82, 2.24) is 0 Å². The molecule has 23 heavy (non-hydrogen) atoms. The molecule has 2 atom stereocenters. The van der Waals surface area contributed by atoms with E-state index in [1.807, 2.05) is 0 Å². The number of hydrogen-bond donors (Lipinski definition) is 0. The highest BCUT2D eigenvalue weighted by atomic mass is 28.3. The summed E-state index contributed by atoms with van der Waals surface area (Å²) >= 11 is 0. The first-order valence-electron chi connectivity index (χ1n) is 8.23. The Morgan fingerprint density at radius 1 is 1.13 bits per heavy atom. The number of ether oxygens (including phenoxy) is 1. The molecule has 113 valence electrons. The van der Waals surface area contributed by atoms with E-state index in [0.29, 0.717) is 5.92 Å². The second-order valence-electron chi connectivity index (χ2n) is 6.86. The first kappa shape index (κ1) is 13.3. The Kier molecular flexibility index (Phi) is 2.71. The minimum absolute atomic E-state index is 0.178. The molecule has 0 saturated carbocycles. The Bertz CT molecular complexity index is 881. The van der Waals surface area contributed by atoms with Crippen molar-refractivity contribution in [1.29, 1.82) is 0 Å². The van der Waals surface area contributed by atoms with Crippen molar-refractivity contribution in [2.45, 2.75) is 31.7 Å². The van der Waals surface area contributed by atoms with Crippen molar-refractivity contribution in [3.05, 3.63) is 65.9 Å². The first-order valence-corrected chi connectivity index (χ1v) is 10.7. The monoisotopic (exact) mass is 317 g/mol. The highest BCUT2D eigenvalue weighted by Gasteiger charge is 2.36. The van der Waals surface area contributed by atoms with Crippen LogP contribution in [0.4, 0.5) is 0 Å². The van der Waals surface area contributed by atoms with Gasteiger partial charge in [-0.3, -0.25) is 0 Å². The summed E-state index contributed by atoms with van der Waals surface area (Å²) < 4.78 is 8.56. The van der Waals surface area contributed by atoms with Gasteiger partial charge in [0.1, 0.15) is 11.9 Å². The van der Waals surface area contributed by atoms with Crippen molar-refractivity contribution in [3.63, 3.8) is 0 Å². The molecule has 0 spiro atoms. The molecule has 1 aliphatic carbocycles. The molecule has 2 aliphatic heterocycles. The SMILES string of the molecule is C[Si](C)c1ccc2[n+](c1)Cc1cc3c(cc1-2)C1C=CC=CC1O3. The lowest BCUT2D eigenvalue weighted by Crippen LogP contribution is -2.39. The van der Waals surface area contributed by atoms with Gasteiger partial charge in [-0.25, -0.2) is 0 Å². The summed E-state index contributed by atoms with van der Waals surface area (Å²) in [6.45, 7) is 5.66. The average Bonchev–Trinajstić information content (AvgIpc) is 3.09. The van der Waals surface area contributed by atoms with Crippen molar-refractivity contribution in [3.8, 4) is 17.0 Å². The molecule has 2 unspecified atom stereocenters. The number of hydrogen-bond acceptors (Lipinski definition) is 1. The van der Waals surface area contributed by atoms with Crippen LogP contribution in [-0.4, -0.2) is 14.9 Å². The van der Waals surface area contributed by atoms with Gasteiger partial charge in [0, 0.05) is 28.3 Å². The van der Waals surface area contributed by atoms with Crippen LogP contribution >= 0.6 is 0 Å². The Morgan fingerprint density at radius 3 is 2.87 bits per heavy atom. The zero-order chi connectivity index (χ0) is 15.6. The number of pyridine rings is 1. The van der Waals surface area contributed by atoms with E-state index in [9.17, 15) is 0 Å². The molecule has 3 heterocycles. The van der Waals surface area contributed by atoms with E-state index in [1.54, 1.807) is 0 Å². The molecule has 0 amide bonds. The van der Waals surface area contributed by atoms with Crippen LogP contribution in [0.2, 0.25) is 13.1 Å². The molecule has 1 radical (unpaired) electrons. The number of rotatable bonds is 1. The van der Waals surface area contributed by atoms with E-state index in [-0.39, 0.29) is 6.10 Å². The van der Waals surface area contributed by atoms with Crippen LogP contribution in [0.15, 0.2) is 54.8 Å². The number of benzene rings is 1. The van der Waals surface area contributed by atoms with E-state index in [4.69, 9.17) is 4.74 Å². The predicted octanol–water partition coefficient (Wildman–Crippen LogP) is 2.93. The average molecular weight is 317 g/mol. The molecule has 3 aliphatic rings. The third-order valence-corrected chi connectivity index (χ3v) is 6.61. The van der Waals surface area contributed by atoms with Crippen molar-refractivity contribution in [2.24, 2.45) is 0 Å². The van der Waals surface area contributed by atoms with Gasteiger partial charge in [-0.15, -0.1) is 0 Å². The van der Waals surface area contributed by atoms with Crippen LogP contribution in [0.1, 0.15) is 17.0 Å². The fourth-order valence-corrected chi connectivity index (χ4v) is 4.73. The lowest BCUT2D eigenvalue weighted by Gasteiger charge is -2.14. The van der Waals surface area contributed by atoms with Crippen molar-refractivity contribution < 1.29 is 9.30 Å². The van der Waals surface area contributed by atoms with E-state index in [0.717, 1.165) is 12.3 Å². The molecule has 0 saturated heterocycles. The molecule has 1 aromatic carbocycles. The Balaban J connectivity index is 1.62. The van der Waals surface area contributed by atoms with E-state index in [1.165, 1.54) is 27.6 Å². The third-order valence-electron chi connectivity index (χ3n) is 5.16. The molecule has 5 rings (SSSR count). The highest BCUT2D eigenvalue weighted by molar-refractivity contribution is 6.70. The lowest BCUT2D eigenvalue weighted by molar-refractivity contribution is -0.671. The van der Waals surface area contributed by atoms with Gasteiger partial charge >= 0.3 is 0 Å². The lowest BCUT2D eigenvalue weighted by atomic mass is 9.90.